The zero-order valence-electron chi connectivity index (χ0n) is 10.4. The summed E-state index contributed by atoms with van der Waals surface area (Å²) in [6.45, 7) is 2.48. The maximum Gasteiger partial charge on any atom is 0.143 e. The number of aromatic nitrogens is 2. The second-order valence-electron chi connectivity index (χ2n) is 3.93. The van der Waals surface area contributed by atoms with Gasteiger partial charge in [0.15, 0.2) is 0 Å². The van der Waals surface area contributed by atoms with Gasteiger partial charge in [0.05, 0.1) is 18.4 Å². The summed E-state index contributed by atoms with van der Waals surface area (Å²) in [6, 6.07) is 7.86. The number of hydrogen-bond acceptors (Lipinski definition) is 3. The quantitative estimate of drug-likeness (QED) is 0.877. The van der Waals surface area contributed by atoms with Crippen LogP contribution >= 0.6 is 0 Å². The molecule has 1 aromatic heterocycles. The molecule has 0 atom stereocenters. The van der Waals surface area contributed by atoms with Gasteiger partial charge in [0, 0.05) is 19.3 Å². The number of benzene rings is 1. The Morgan fingerprint density at radius 2 is 2.06 bits per heavy atom. The molecule has 0 aliphatic rings. The van der Waals surface area contributed by atoms with Gasteiger partial charge in [-0.3, -0.25) is 0 Å². The third-order valence-electron chi connectivity index (χ3n) is 3.02. The summed E-state index contributed by atoms with van der Waals surface area (Å²) in [5.41, 5.74) is 8.68. The molecule has 0 unspecified atom stereocenters. The molecule has 0 fully saturated rings. The Morgan fingerprint density at radius 3 is 2.65 bits per heavy atom. The van der Waals surface area contributed by atoms with Crippen molar-refractivity contribution in [3.05, 3.63) is 35.7 Å². The van der Waals surface area contributed by atoms with Crippen molar-refractivity contribution in [1.82, 2.24) is 9.55 Å². The highest BCUT2D eigenvalue weighted by Gasteiger charge is 2.14. The lowest BCUT2D eigenvalue weighted by atomic mass is 10.2. The molecule has 0 aliphatic heterocycles. The van der Waals surface area contributed by atoms with E-state index >= 15 is 0 Å². The van der Waals surface area contributed by atoms with E-state index in [4.69, 9.17) is 10.5 Å². The van der Waals surface area contributed by atoms with Crippen molar-refractivity contribution in [1.29, 1.82) is 0 Å². The molecular formula is C13H17N3O. The lowest BCUT2D eigenvalue weighted by molar-refractivity contribution is 0.416. The van der Waals surface area contributed by atoms with Gasteiger partial charge in [-0.1, -0.05) is 12.1 Å². The molecule has 0 aliphatic carbocycles. The van der Waals surface area contributed by atoms with E-state index in [1.165, 1.54) is 0 Å². The number of para-hydroxylation sites is 1. The van der Waals surface area contributed by atoms with Crippen molar-refractivity contribution in [2.45, 2.75) is 13.5 Å². The molecular weight excluding hydrogens is 214 g/mol. The number of ether oxygens (including phenoxy) is 1. The van der Waals surface area contributed by atoms with E-state index in [0.29, 0.717) is 6.54 Å². The van der Waals surface area contributed by atoms with E-state index in [0.717, 1.165) is 28.5 Å². The predicted molar refractivity (Wildman–Crippen MR) is 67.8 cm³/mol. The average Bonchev–Trinajstić information content (AvgIpc) is 2.66. The molecule has 0 bridgehead atoms. The lowest BCUT2D eigenvalue weighted by Gasteiger charge is -2.08. The number of methoxy groups -OCH3 is 1. The number of nitrogens with zero attached hydrogens (tertiary/aromatic N) is 2. The largest absolute Gasteiger partial charge is 0.496 e. The van der Waals surface area contributed by atoms with Gasteiger partial charge in [-0.2, -0.15) is 0 Å². The highest BCUT2D eigenvalue weighted by molar-refractivity contribution is 5.65. The van der Waals surface area contributed by atoms with Crippen LogP contribution in [0.1, 0.15) is 11.4 Å². The molecule has 4 nitrogen and oxygen atoms in total. The molecule has 2 aromatic rings. The predicted octanol–water partition coefficient (Wildman–Crippen LogP) is 1.86. The van der Waals surface area contributed by atoms with Crippen LogP contribution in [0.5, 0.6) is 5.75 Å². The molecule has 1 aromatic carbocycles. The van der Waals surface area contributed by atoms with Gasteiger partial charge >= 0.3 is 0 Å². The smallest absolute Gasteiger partial charge is 0.143 e. The molecule has 2 rings (SSSR count). The maximum absolute atomic E-state index is 5.67. The van der Waals surface area contributed by atoms with Crippen LogP contribution in [0, 0.1) is 6.92 Å². The fourth-order valence-corrected chi connectivity index (χ4v) is 1.90. The topological polar surface area (TPSA) is 53.1 Å². The zero-order chi connectivity index (χ0) is 12.4. The first kappa shape index (κ1) is 11.7. The Hall–Kier alpha value is -1.81. The number of imidazole rings is 1. The van der Waals surface area contributed by atoms with Gasteiger partial charge in [0.25, 0.3) is 0 Å². The zero-order valence-corrected chi connectivity index (χ0v) is 10.4. The maximum atomic E-state index is 5.67. The molecule has 0 saturated carbocycles. The average molecular weight is 231 g/mol. The van der Waals surface area contributed by atoms with E-state index in [-0.39, 0.29) is 0 Å². The normalized spacial score (nSPS) is 10.6. The Kier molecular flexibility index (Phi) is 3.15. The van der Waals surface area contributed by atoms with Crippen LogP contribution in [0.15, 0.2) is 24.3 Å². The molecule has 0 amide bonds. The fourth-order valence-electron chi connectivity index (χ4n) is 1.90. The molecule has 17 heavy (non-hydrogen) atoms. The summed E-state index contributed by atoms with van der Waals surface area (Å²) in [6.07, 6.45) is 0. The number of nitrogens with two attached hydrogens (primary N) is 1. The molecule has 1 heterocycles. The van der Waals surface area contributed by atoms with Gasteiger partial charge in [0.2, 0.25) is 0 Å². The summed E-state index contributed by atoms with van der Waals surface area (Å²) in [5, 5.41) is 0. The minimum atomic E-state index is 0.453. The van der Waals surface area contributed by atoms with Crippen LogP contribution in [0.4, 0.5) is 0 Å². The molecule has 90 valence electrons. The van der Waals surface area contributed by atoms with Crippen LogP contribution in [0.2, 0.25) is 0 Å². The number of rotatable bonds is 3. The van der Waals surface area contributed by atoms with Gasteiger partial charge in [-0.15, -0.1) is 0 Å². The van der Waals surface area contributed by atoms with E-state index < -0.39 is 0 Å². The van der Waals surface area contributed by atoms with Crippen LogP contribution in [-0.2, 0) is 13.6 Å². The summed E-state index contributed by atoms with van der Waals surface area (Å²) < 4.78 is 7.39. The summed E-state index contributed by atoms with van der Waals surface area (Å²) >= 11 is 0. The first-order valence-electron chi connectivity index (χ1n) is 5.54. The highest BCUT2D eigenvalue weighted by atomic mass is 16.5. The molecule has 0 spiro atoms. The van der Waals surface area contributed by atoms with Crippen molar-refractivity contribution in [3.8, 4) is 17.1 Å². The van der Waals surface area contributed by atoms with E-state index in [9.17, 15) is 0 Å². The van der Waals surface area contributed by atoms with E-state index in [1.54, 1.807) is 7.11 Å². The van der Waals surface area contributed by atoms with Crippen LogP contribution in [-0.4, -0.2) is 16.7 Å². The third kappa shape index (κ3) is 1.91. The van der Waals surface area contributed by atoms with E-state index in [2.05, 4.69) is 4.98 Å². The minimum Gasteiger partial charge on any atom is -0.496 e. The van der Waals surface area contributed by atoms with Gasteiger partial charge in [-0.25, -0.2) is 4.98 Å². The molecule has 2 N–H and O–H groups in total. The van der Waals surface area contributed by atoms with Crippen LogP contribution < -0.4 is 10.5 Å². The minimum absolute atomic E-state index is 0.453. The molecule has 4 heteroatoms. The Labute approximate surface area is 101 Å². The second kappa shape index (κ2) is 4.59. The summed E-state index contributed by atoms with van der Waals surface area (Å²) in [7, 11) is 3.65. The Balaban J connectivity index is 2.60. The van der Waals surface area contributed by atoms with Crippen molar-refractivity contribution in [3.63, 3.8) is 0 Å². The van der Waals surface area contributed by atoms with Crippen molar-refractivity contribution < 1.29 is 4.74 Å². The summed E-state index contributed by atoms with van der Waals surface area (Å²) in [5.74, 6) is 1.71. The van der Waals surface area contributed by atoms with Gasteiger partial charge < -0.3 is 15.0 Å². The van der Waals surface area contributed by atoms with Gasteiger partial charge in [0.1, 0.15) is 11.6 Å². The highest BCUT2D eigenvalue weighted by Crippen LogP contribution is 2.29. The van der Waals surface area contributed by atoms with Crippen molar-refractivity contribution in [2.24, 2.45) is 12.8 Å². The lowest BCUT2D eigenvalue weighted by Crippen LogP contribution is -1.99. The first-order chi connectivity index (χ1) is 8.19. The SMILES string of the molecule is COc1ccccc1-c1nc(CN)c(C)n1C. The standard InChI is InChI=1S/C13H17N3O/c1-9-11(8-14)15-13(16(9)2)10-6-4-5-7-12(10)17-3/h4-7H,8,14H2,1-3H3. The molecule has 0 saturated heterocycles. The first-order valence-corrected chi connectivity index (χ1v) is 5.54. The monoisotopic (exact) mass is 231 g/mol. The van der Waals surface area contributed by atoms with Crippen molar-refractivity contribution >= 4 is 0 Å². The Morgan fingerprint density at radius 1 is 1.35 bits per heavy atom. The summed E-state index contributed by atoms with van der Waals surface area (Å²) in [4.78, 5) is 4.56. The van der Waals surface area contributed by atoms with Gasteiger partial charge in [-0.05, 0) is 19.1 Å². The van der Waals surface area contributed by atoms with Crippen LogP contribution in [0.3, 0.4) is 0 Å². The molecule has 0 radical (unpaired) electrons. The van der Waals surface area contributed by atoms with E-state index in [1.807, 2.05) is 42.8 Å². The fraction of sp³-hybridized carbons (Fsp3) is 0.308. The Bertz CT molecular complexity index is 531. The number of hydrogen-bond donors (Lipinski definition) is 1. The van der Waals surface area contributed by atoms with Crippen molar-refractivity contribution in [2.75, 3.05) is 7.11 Å². The van der Waals surface area contributed by atoms with Crippen LogP contribution in [0.25, 0.3) is 11.4 Å². The third-order valence-corrected chi connectivity index (χ3v) is 3.02. The second-order valence-corrected chi connectivity index (χ2v) is 3.93.